The van der Waals surface area contributed by atoms with Gasteiger partial charge in [-0.1, -0.05) is 13.8 Å². The van der Waals surface area contributed by atoms with Crippen molar-refractivity contribution in [2.75, 3.05) is 19.8 Å². The van der Waals surface area contributed by atoms with Gasteiger partial charge in [-0.2, -0.15) is 5.10 Å². The summed E-state index contributed by atoms with van der Waals surface area (Å²) in [5, 5.41) is 7.30. The van der Waals surface area contributed by atoms with Crippen LogP contribution in [0.25, 0.3) is 0 Å². The number of carbonyl (C=O) groups is 1. The number of aromatic nitrogens is 2. The van der Waals surface area contributed by atoms with E-state index in [2.05, 4.69) is 40.0 Å². The highest BCUT2D eigenvalue weighted by atomic mass is 79.9. The monoisotopic (exact) mass is 355 g/mol. The van der Waals surface area contributed by atoms with E-state index in [-0.39, 0.29) is 11.9 Å². The molecular formula is C15H22BrN3O2. The fourth-order valence-corrected chi connectivity index (χ4v) is 3.59. The Bertz CT molecular complexity index is 525. The van der Waals surface area contributed by atoms with Gasteiger partial charge in [0.1, 0.15) is 0 Å². The minimum atomic E-state index is 0.0129. The molecule has 1 aromatic rings. The summed E-state index contributed by atoms with van der Waals surface area (Å²) in [5.41, 5.74) is 1.60. The molecule has 0 unspecified atom stereocenters. The molecule has 0 aromatic carbocycles. The molecule has 6 heteroatoms. The molecule has 2 aliphatic rings. The molecule has 5 nitrogen and oxygen atoms in total. The van der Waals surface area contributed by atoms with Gasteiger partial charge in [0.25, 0.3) is 5.91 Å². The Hall–Kier alpha value is -0.880. The third-order valence-corrected chi connectivity index (χ3v) is 4.96. The summed E-state index contributed by atoms with van der Waals surface area (Å²) in [6.07, 6.45) is 3.33. The van der Waals surface area contributed by atoms with Gasteiger partial charge < -0.3 is 9.64 Å². The van der Waals surface area contributed by atoms with Crippen molar-refractivity contribution in [3.05, 3.63) is 15.9 Å². The standard InChI is InChI=1S/C15H22BrN3O2/c1-9(2)7-11-8-21-6-5-19(11)15(20)14-12(16)13(17-18-14)10-3-4-10/h9-11H,3-8H2,1-2H3,(H,17,18)/t11-/m0/s1. The summed E-state index contributed by atoms with van der Waals surface area (Å²) in [7, 11) is 0. The van der Waals surface area contributed by atoms with E-state index in [4.69, 9.17) is 4.74 Å². The Morgan fingerprint density at radius 2 is 2.29 bits per heavy atom. The first-order valence-electron chi connectivity index (χ1n) is 7.70. The van der Waals surface area contributed by atoms with Crippen molar-refractivity contribution in [3.8, 4) is 0 Å². The Balaban J connectivity index is 1.78. The molecule has 1 saturated heterocycles. The highest BCUT2D eigenvalue weighted by Crippen LogP contribution is 2.43. The molecule has 1 amide bonds. The van der Waals surface area contributed by atoms with E-state index in [9.17, 15) is 4.79 Å². The van der Waals surface area contributed by atoms with Gasteiger partial charge in [-0.15, -0.1) is 0 Å². The Labute approximate surface area is 133 Å². The van der Waals surface area contributed by atoms with E-state index in [1.54, 1.807) is 0 Å². The number of nitrogens with zero attached hydrogens (tertiary/aromatic N) is 2. The normalized spacial score (nSPS) is 22.9. The molecule has 2 heterocycles. The van der Waals surface area contributed by atoms with E-state index in [0.717, 1.165) is 16.6 Å². The number of ether oxygens (including phenoxy) is 1. The third-order valence-electron chi connectivity index (χ3n) is 4.15. The van der Waals surface area contributed by atoms with Gasteiger partial charge >= 0.3 is 0 Å². The van der Waals surface area contributed by atoms with Gasteiger partial charge in [0.05, 0.1) is 29.4 Å². The van der Waals surface area contributed by atoms with E-state index < -0.39 is 0 Å². The van der Waals surface area contributed by atoms with Gasteiger partial charge in [-0.05, 0) is 41.1 Å². The zero-order valence-corrected chi connectivity index (χ0v) is 14.1. The first kappa shape index (κ1) is 15.0. The smallest absolute Gasteiger partial charge is 0.275 e. The maximum absolute atomic E-state index is 12.8. The minimum absolute atomic E-state index is 0.0129. The third kappa shape index (κ3) is 3.16. The lowest BCUT2D eigenvalue weighted by Crippen LogP contribution is -2.49. The predicted octanol–water partition coefficient (Wildman–Crippen LogP) is 2.94. The van der Waals surface area contributed by atoms with E-state index in [1.165, 1.54) is 12.8 Å². The maximum atomic E-state index is 12.8. The average Bonchev–Trinajstić information content (AvgIpc) is 3.21. The number of hydrogen-bond donors (Lipinski definition) is 1. The van der Waals surface area contributed by atoms with Crippen LogP contribution in [0.15, 0.2) is 4.47 Å². The van der Waals surface area contributed by atoms with Gasteiger partial charge in [0.2, 0.25) is 0 Å². The molecule has 1 aliphatic heterocycles. The fourth-order valence-electron chi connectivity index (χ4n) is 2.92. The molecule has 0 bridgehead atoms. The van der Waals surface area contributed by atoms with Gasteiger partial charge in [0.15, 0.2) is 5.69 Å². The van der Waals surface area contributed by atoms with Crippen LogP contribution in [0.1, 0.15) is 55.2 Å². The molecule has 1 atom stereocenters. The highest BCUT2D eigenvalue weighted by Gasteiger charge is 2.34. The zero-order chi connectivity index (χ0) is 15.0. The van der Waals surface area contributed by atoms with Crippen molar-refractivity contribution >= 4 is 21.8 Å². The van der Waals surface area contributed by atoms with Crippen LogP contribution in [-0.4, -0.2) is 46.8 Å². The Kier molecular flexibility index (Phi) is 4.36. The SMILES string of the molecule is CC(C)C[C@H]1COCCN1C(=O)c1n[nH]c(C2CC2)c1Br. The fraction of sp³-hybridized carbons (Fsp3) is 0.733. The van der Waals surface area contributed by atoms with Gasteiger partial charge in [0, 0.05) is 12.5 Å². The van der Waals surface area contributed by atoms with E-state index >= 15 is 0 Å². The van der Waals surface area contributed by atoms with Crippen molar-refractivity contribution in [2.24, 2.45) is 5.92 Å². The average molecular weight is 356 g/mol. The summed E-state index contributed by atoms with van der Waals surface area (Å²) in [5.74, 6) is 1.10. The van der Waals surface area contributed by atoms with Gasteiger partial charge in [-0.25, -0.2) is 0 Å². The first-order chi connectivity index (χ1) is 10.1. The second kappa shape index (κ2) is 6.08. The van der Waals surface area contributed by atoms with Crippen LogP contribution < -0.4 is 0 Å². The molecule has 1 aromatic heterocycles. The number of halogens is 1. The molecule has 1 aliphatic carbocycles. The van der Waals surface area contributed by atoms with Crippen LogP contribution in [0.4, 0.5) is 0 Å². The number of morpholine rings is 1. The second-order valence-electron chi connectivity index (χ2n) is 6.43. The van der Waals surface area contributed by atoms with Crippen LogP contribution in [0.3, 0.4) is 0 Å². The van der Waals surface area contributed by atoms with Gasteiger partial charge in [-0.3, -0.25) is 9.89 Å². The summed E-state index contributed by atoms with van der Waals surface area (Å²) in [6, 6.07) is 0.152. The minimum Gasteiger partial charge on any atom is -0.377 e. The summed E-state index contributed by atoms with van der Waals surface area (Å²) in [4.78, 5) is 14.8. The van der Waals surface area contributed by atoms with Crippen molar-refractivity contribution in [2.45, 2.75) is 45.1 Å². The molecular weight excluding hydrogens is 334 g/mol. The van der Waals surface area contributed by atoms with Crippen molar-refractivity contribution in [3.63, 3.8) is 0 Å². The number of aromatic amines is 1. The van der Waals surface area contributed by atoms with Crippen LogP contribution in [-0.2, 0) is 4.74 Å². The van der Waals surface area contributed by atoms with Crippen LogP contribution in [0.2, 0.25) is 0 Å². The topological polar surface area (TPSA) is 58.2 Å². The number of H-pyrrole nitrogens is 1. The molecule has 1 saturated carbocycles. The predicted molar refractivity (Wildman–Crippen MR) is 83.4 cm³/mol. The van der Waals surface area contributed by atoms with E-state index in [0.29, 0.717) is 37.3 Å². The van der Waals surface area contributed by atoms with Crippen molar-refractivity contribution in [1.29, 1.82) is 0 Å². The molecule has 1 N–H and O–H groups in total. The largest absolute Gasteiger partial charge is 0.377 e. The summed E-state index contributed by atoms with van der Waals surface area (Å²) < 4.78 is 6.40. The maximum Gasteiger partial charge on any atom is 0.275 e. The highest BCUT2D eigenvalue weighted by molar-refractivity contribution is 9.10. The van der Waals surface area contributed by atoms with E-state index in [1.807, 2.05) is 4.90 Å². The zero-order valence-electron chi connectivity index (χ0n) is 12.6. The number of rotatable bonds is 4. The van der Waals surface area contributed by atoms with Crippen molar-refractivity contribution in [1.82, 2.24) is 15.1 Å². The number of carbonyl (C=O) groups excluding carboxylic acids is 1. The quantitative estimate of drug-likeness (QED) is 0.903. The van der Waals surface area contributed by atoms with Crippen LogP contribution in [0, 0.1) is 5.92 Å². The second-order valence-corrected chi connectivity index (χ2v) is 7.22. The summed E-state index contributed by atoms with van der Waals surface area (Å²) in [6.45, 7) is 6.23. The number of hydrogen-bond acceptors (Lipinski definition) is 3. The summed E-state index contributed by atoms with van der Waals surface area (Å²) >= 11 is 3.56. The molecule has 3 rings (SSSR count). The van der Waals surface area contributed by atoms with Crippen LogP contribution in [0.5, 0.6) is 0 Å². The lowest BCUT2D eigenvalue weighted by molar-refractivity contribution is -0.00781. The lowest BCUT2D eigenvalue weighted by atomic mass is 10.0. The molecule has 0 spiro atoms. The molecule has 0 radical (unpaired) electrons. The van der Waals surface area contributed by atoms with Crippen molar-refractivity contribution < 1.29 is 9.53 Å². The number of nitrogens with one attached hydrogen (secondary N) is 1. The van der Waals surface area contributed by atoms with Crippen LogP contribution >= 0.6 is 15.9 Å². The Morgan fingerprint density at radius 1 is 1.52 bits per heavy atom. The lowest BCUT2D eigenvalue weighted by Gasteiger charge is -2.36. The molecule has 116 valence electrons. The Morgan fingerprint density at radius 3 is 2.95 bits per heavy atom. The number of amides is 1. The molecule has 21 heavy (non-hydrogen) atoms. The molecule has 2 fully saturated rings. The first-order valence-corrected chi connectivity index (χ1v) is 8.49.